The number of phenolic OH excluding ortho intramolecular Hbond substituents is 1. The third kappa shape index (κ3) is 4.09. The van der Waals surface area contributed by atoms with Crippen LogP contribution in [0.2, 0.25) is 0 Å². The molecule has 1 amide bonds. The van der Waals surface area contributed by atoms with E-state index >= 15 is 0 Å². The van der Waals surface area contributed by atoms with Gasteiger partial charge in [-0.15, -0.1) is 0 Å². The number of aryl methyl sites for hydroxylation is 2. The van der Waals surface area contributed by atoms with Crippen LogP contribution >= 0.6 is 0 Å². The van der Waals surface area contributed by atoms with Crippen LogP contribution in [0.4, 0.5) is 0 Å². The number of unbranched alkanes of at least 4 members (excludes halogenated alkanes) is 1. The molecule has 0 spiro atoms. The van der Waals surface area contributed by atoms with Crippen LogP contribution in [0.15, 0.2) is 30.3 Å². The molecule has 3 N–H and O–H groups in total. The molecular weight excluding hydrogens is 434 g/mol. The van der Waals surface area contributed by atoms with Gasteiger partial charge in [-0.05, 0) is 55.2 Å². The Morgan fingerprint density at radius 2 is 1.97 bits per heavy atom. The van der Waals surface area contributed by atoms with Gasteiger partial charge in [0, 0.05) is 17.7 Å². The van der Waals surface area contributed by atoms with Crippen LogP contribution in [0.1, 0.15) is 58.5 Å². The minimum absolute atomic E-state index is 0.129. The number of aromatic hydroxyl groups is 1. The zero-order valence-electron chi connectivity index (χ0n) is 20.0. The van der Waals surface area contributed by atoms with Gasteiger partial charge in [0.15, 0.2) is 11.5 Å². The van der Waals surface area contributed by atoms with Gasteiger partial charge in [-0.3, -0.25) is 9.89 Å². The fourth-order valence-corrected chi connectivity index (χ4v) is 4.53. The van der Waals surface area contributed by atoms with Crippen molar-refractivity contribution in [2.45, 2.75) is 39.7 Å². The van der Waals surface area contributed by atoms with Crippen LogP contribution < -0.4 is 9.47 Å². The minimum atomic E-state index is -0.512. The molecule has 8 nitrogen and oxygen atoms in total. The summed E-state index contributed by atoms with van der Waals surface area (Å²) in [5.74, 6) is 1.08. The summed E-state index contributed by atoms with van der Waals surface area (Å²) in [5.41, 5.74) is 4.60. The van der Waals surface area contributed by atoms with E-state index in [-0.39, 0.29) is 24.8 Å². The van der Waals surface area contributed by atoms with Crippen molar-refractivity contribution in [1.82, 2.24) is 15.1 Å². The second-order valence-corrected chi connectivity index (χ2v) is 8.58. The molecule has 0 saturated carbocycles. The summed E-state index contributed by atoms with van der Waals surface area (Å²) >= 11 is 0. The lowest BCUT2D eigenvalue weighted by molar-refractivity contribution is 0.0706. The monoisotopic (exact) mass is 465 g/mol. The SMILES string of the molecule is CCCCOc1ccc(C2c3c(-c4cc(C)cc(C)c4O)n[nH]c3C(=O)N2CCO)cc1OC. The summed E-state index contributed by atoms with van der Waals surface area (Å²) in [6.07, 6.45) is 1.96. The van der Waals surface area contributed by atoms with Crippen LogP contribution in [0.5, 0.6) is 17.2 Å². The van der Waals surface area contributed by atoms with E-state index in [1.165, 1.54) is 0 Å². The van der Waals surface area contributed by atoms with E-state index in [0.29, 0.717) is 40.6 Å². The maximum absolute atomic E-state index is 13.3. The fraction of sp³-hybridized carbons (Fsp3) is 0.385. The zero-order chi connectivity index (χ0) is 24.4. The van der Waals surface area contributed by atoms with Gasteiger partial charge in [-0.1, -0.05) is 25.5 Å². The molecule has 0 aliphatic carbocycles. The number of carbonyl (C=O) groups excluding carboxylic acids is 1. The number of aromatic nitrogens is 2. The first-order valence-electron chi connectivity index (χ1n) is 11.5. The highest BCUT2D eigenvalue weighted by molar-refractivity contribution is 6.00. The third-order valence-corrected chi connectivity index (χ3v) is 6.16. The average molecular weight is 466 g/mol. The first-order chi connectivity index (χ1) is 16.4. The number of aliphatic hydroxyl groups excluding tert-OH is 1. The number of amides is 1. The van der Waals surface area contributed by atoms with E-state index in [9.17, 15) is 15.0 Å². The predicted octanol–water partition coefficient (Wildman–Crippen LogP) is 4.12. The van der Waals surface area contributed by atoms with E-state index in [0.717, 1.165) is 29.5 Å². The summed E-state index contributed by atoms with van der Waals surface area (Å²) in [5, 5.41) is 27.8. The number of nitrogens with one attached hydrogen (secondary N) is 1. The Morgan fingerprint density at radius 3 is 2.68 bits per heavy atom. The Labute approximate surface area is 199 Å². The number of rotatable bonds is 9. The molecule has 4 rings (SSSR count). The van der Waals surface area contributed by atoms with Gasteiger partial charge in [-0.2, -0.15) is 5.10 Å². The standard InChI is InChI=1S/C26H31N3O5/c1-5-6-11-34-19-8-7-17(14-20(19)33-4)24-21-22(18-13-15(2)12-16(3)25(18)31)27-28-23(21)26(32)29(24)9-10-30/h7-8,12-14,24,30-31H,5-6,9-11H2,1-4H3,(H,27,28). The molecule has 0 radical (unpaired) electrons. The molecule has 1 aliphatic heterocycles. The van der Waals surface area contributed by atoms with E-state index < -0.39 is 6.04 Å². The van der Waals surface area contributed by atoms with Gasteiger partial charge in [0.2, 0.25) is 0 Å². The molecule has 2 aromatic carbocycles. The second-order valence-electron chi connectivity index (χ2n) is 8.58. The molecule has 0 bridgehead atoms. The van der Waals surface area contributed by atoms with Crippen molar-refractivity contribution < 1.29 is 24.5 Å². The smallest absolute Gasteiger partial charge is 0.273 e. The fourth-order valence-electron chi connectivity index (χ4n) is 4.53. The number of aromatic amines is 1. The van der Waals surface area contributed by atoms with Crippen LogP contribution in [-0.4, -0.2) is 58.1 Å². The van der Waals surface area contributed by atoms with Crippen molar-refractivity contribution in [3.05, 3.63) is 58.3 Å². The maximum Gasteiger partial charge on any atom is 0.273 e. The Balaban J connectivity index is 1.84. The number of hydrogen-bond donors (Lipinski definition) is 3. The van der Waals surface area contributed by atoms with Crippen molar-refractivity contribution in [2.75, 3.05) is 26.9 Å². The number of H-pyrrole nitrogens is 1. The third-order valence-electron chi connectivity index (χ3n) is 6.16. The van der Waals surface area contributed by atoms with Crippen molar-refractivity contribution in [3.8, 4) is 28.5 Å². The van der Waals surface area contributed by atoms with Gasteiger partial charge >= 0.3 is 0 Å². The number of methoxy groups -OCH3 is 1. The van der Waals surface area contributed by atoms with Crippen molar-refractivity contribution in [2.24, 2.45) is 0 Å². The molecule has 180 valence electrons. The highest BCUT2D eigenvalue weighted by Gasteiger charge is 2.42. The van der Waals surface area contributed by atoms with Crippen LogP contribution in [0, 0.1) is 13.8 Å². The first-order valence-corrected chi connectivity index (χ1v) is 11.5. The van der Waals surface area contributed by atoms with Crippen LogP contribution in [0.3, 0.4) is 0 Å². The summed E-state index contributed by atoms with van der Waals surface area (Å²) in [6.45, 7) is 6.45. The first kappa shape index (κ1) is 23.6. The molecule has 2 heterocycles. The second kappa shape index (κ2) is 9.77. The number of nitrogens with zero attached hydrogens (tertiary/aromatic N) is 2. The lowest BCUT2D eigenvalue weighted by Gasteiger charge is -2.26. The van der Waals surface area contributed by atoms with Gasteiger partial charge in [0.05, 0.1) is 26.4 Å². The van der Waals surface area contributed by atoms with Gasteiger partial charge in [0.1, 0.15) is 17.1 Å². The molecule has 34 heavy (non-hydrogen) atoms. The topological polar surface area (TPSA) is 108 Å². The number of ether oxygens (including phenoxy) is 2. The Morgan fingerprint density at radius 1 is 1.18 bits per heavy atom. The lowest BCUT2D eigenvalue weighted by atomic mass is 9.94. The highest BCUT2D eigenvalue weighted by atomic mass is 16.5. The van der Waals surface area contributed by atoms with Crippen LogP contribution in [-0.2, 0) is 0 Å². The Bertz CT molecular complexity index is 1200. The molecule has 1 atom stereocenters. The normalized spacial score (nSPS) is 15.0. The quantitative estimate of drug-likeness (QED) is 0.410. The van der Waals surface area contributed by atoms with Crippen molar-refractivity contribution in [3.63, 3.8) is 0 Å². The van der Waals surface area contributed by atoms with Gasteiger partial charge in [0.25, 0.3) is 5.91 Å². The molecular formula is C26H31N3O5. The largest absolute Gasteiger partial charge is 0.507 e. The van der Waals surface area contributed by atoms with E-state index in [4.69, 9.17) is 9.47 Å². The predicted molar refractivity (Wildman–Crippen MR) is 129 cm³/mol. The van der Waals surface area contributed by atoms with Crippen molar-refractivity contribution in [1.29, 1.82) is 0 Å². The summed E-state index contributed by atoms with van der Waals surface area (Å²) in [6, 6.07) is 8.85. The Kier molecular flexibility index (Phi) is 6.79. The Hall–Kier alpha value is -3.52. The number of carbonyl (C=O) groups is 1. The molecule has 3 aromatic rings. The lowest BCUT2D eigenvalue weighted by Crippen LogP contribution is -2.32. The van der Waals surface area contributed by atoms with Crippen molar-refractivity contribution >= 4 is 5.91 Å². The van der Waals surface area contributed by atoms with E-state index in [2.05, 4.69) is 17.1 Å². The zero-order valence-corrected chi connectivity index (χ0v) is 20.0. The summed E-state index contributed by atoms with van der Waals surface area (Å²) in [7, 11) is 1.58. The maximum atomic E-state index is 13.3. The molecule has 0 fully saturated rings. The summed E-state index contributed by atoms with van der Waals surface area (Å²) in [4.78, 5) is 14.9. The number of β-amino-alcohol motifs (C(OH)–C–C–N with tert-alkyl or cyclic N) is 1. The molecule has 1 aliphatic rings. The number of benzene rings is 2. The number of aliphatic hydroxyl groups is 1. The minimum Gasteiger partial charge on any atom is -0.507 e. The molecule has 0 saturated heterocycles. The molecule has 1 aromatic heterocycles. The summed E-state index contributed by atoms with van der Waals surface area (Å²) < 4.78 is 11.5. The molecule has 1 unspecified atom stereocenters. The van der Waals surface area contributed by atoms with Crippen LogP contribution in [0.25, 0.3) is 11.3 Å². The highest BCUT2D eigenvalue weighted by Crippen LogP contribution is 2.46. The van der Waals surface area contributed by atoms with Gasteiger partial charge < -0.3 is 24.6 Å². The van der Waals surface area contributed by atoms with E-state index in [1.807, 2.05) is 44.2 Å². The van der Waals surface area contributed by atoms with E-state index in [1.54, 1.807) is 12.0 Å². The van der Waals surface area contributed by atoms with Gasteiger partial charge in [-0.25, -0.2) is 0 Å². The number of phenols is 1. The molecule has 8 heteroatoms. The number of hydrogen-bond acceptors (Lipinski definition) is 6. The number of fused-ring (bicyclic) bond motifs is 1. The average Bonchev–Trinajstić information content (AvgIpc) is 3.36.